The van der Waals surface area contributed by atoms with E-state index in [9.17, 15) is 19.8 Å². The number of aromatic nitrogens is 1. The van der Waals surface area contributed by atoms with Crippen LogP contribution in [-0.4, -0.2) is 54.3 Å². The summed E-state index contributed by atoms with van der Waals surface area (Å²) in [7, 11) is 1.65. The summed E-state index contributed by atoms with van der Waals surface area (Å²) in [4.78, 5) is 24.1. The number of hydrogen-bond acceptors (Lipinski definition) is 6. The predicted molar refractivity (Wildman–Crippen MR) is 122 cm³/mol. The molecule has 178 valence electrons. The van der Waals surface area contributed by atoms with Gasteiger partial charge < -0.3 is 29.0 Å². The molecular weight excluding hydrogens is 426 g/mol. The summed E-state index contributed by atoms with van der Waals surface area (Å²) in [6.07, 6.45) is 2.09. The minimum Gasteiger partial charge on any atom is -0.492 e. The van der Waals surface area contributed by atoms with Gasteiger partial charge in [0.2, 0.25) is 0 Å². The minimum atomic E-state index is -1.24. The molecule has 2 aliphatic heterocycles. The van der Waals surface area contributed by atoms with Crippen LogP contribution >= 0.6 is 0 Å². The lowest BCUT2D eigenvalue weighted by Gasteiger charge is -2.41. The minimum absolute atomic E-state index is 0.0635. The lowest BCUT2D eigenvalue weighted by molar-refractivity contribution is -0.159. The summed E-state index contributed by atoms with van der Waals surface area (Å²) < 4.78 is 18.8. The van der Waals surface area contributed by atoms with Crippen LogP contribution in [0.1, 0.15) is 48.3 Å². The number of hydrogen-bond donors (Lipinski definition) is 2. The third-order valence-electron chi connectivity index (χ3n) is 6.59. The molecule has 1 saturated heterocycles. The zero-order chi connectivity index (χ0) is 24.0. The highest BCUT2D eigenvalue weighted by molar-refractivity contribution is 5.87. The zero-order valence-electron chi connectivity index (χ0n) is 19.5. The SMILES string of the molecule is COCC1(COc2cc3c(cc2CO)-c2cc(=O)c(C(=O)O)cn2[C@H](C(C)(C)C)C3)COC1. The van der Waals surface area contributed by atoms with Crippen LogP contribution < -0.4 is 10.2 Å². The number of fused-ring (bicyclic) bond motifs is 3. The number of aliphatic hydroxyl groups is 1. The fraction of sp³-hybridized carbons (Fsp3) is 0.520. The molecule has 8 heteroatoms. The number of ether oxygens (including phenoxy) is 3. The van der Waals surface area contributed by atoms with Gasteiger partial charge in [0, 0.05) is 36.5 Å². The highest BCUT2D eigenvalue weighted by Gasteiger charge is 2.40. The monoisotopic (exact) mass is 457 g/mol. The number of methoxy groups -OCH3 is 1. The molecule has 0 spiro atoms. The third kappa shape index (κ3) is 4.30. The summed E-state index contributed by atoms with van der Waals surface area (Å²) in [5.74, 6) is -0.636. The number of aromatic carboxylic acids is 1. The second-order valence-electron chi connectivity index (χ2n) is 10.2. The number of carboxylic acid groups (broad SMARTS) is 1. The second kappa shape index (κ2) is 8.59. The first-order valence-electron chi connectivity index (χ1n) is 11.0. The number of carbonyl (C=O) groups is 1. The summed E-state index contributed by atoms with van der Waals surface area (Å²) in [5, 5.41) is 19.5. The van der Waals surface area contributed by atoms with Gasteiger partial charge in [-0.25, -0.2) is 4.79 Å². The van der Waals surface area contributed by atoms with E-state index >= 15 is 0 Å². The van der Waals surface area contributed by atoms with E-state index in [1.165, 1.54) is 12.3 Å². The number of aliphatic hydroxyl groups excluding tert-OH is 1. The van der Waals surface area contributed by atoms with Crippen molar-refractivity contribution in [2.75, 3.05) is 33.5 Å². The van der Waals surface area contributed by atoms with Crippen LogP contribution in [0, 0.1) is 10.8 Å². The van der Waals surface area contributed by atoms with Gasteiger partial charge in [-0.1, -0.05) is 20.8 Å². The van der Waals surface area contributed by atoms with Crippen LogP contribution in [0.3, 0.4) is 0 Å². The molecular formula is C25H31NO7. The Kier molecular flexibility index (Phi) is 6.11. The maximum atomic E-state index is 12.5. The maximum absolute atomic E-state index is 12.5. The molecule has 1 atom stereocenters. The Balaban J connectivity index is 1.79. The van der Waals surface area contributed by atoms with Gasteiger partial charge in [-0.15, -0.1) is 0 Å². The van der Waals surface area contributed by atoms with Crippen LogP contribution in [0.5, 0.6) is 5.75 Å². The van der Waals surface area contributed by atoms with E-state index in [0.717, 1.165) is 11.1 Å². The second-order valence-corrected chi connectivity index (χ2v) is 10.2. The Hall–Kier alpha value is -2.68. The van der Waals surface area contributed by atoms with Crippen molar-refractivity contribution in [3.05, 3.63) is 51.3 Å². The van der Waals surface area contributed by atoms with E-state index in [1.807, 2.05) is 16.7 Å². The van der Waals surface area contributed by atoms with Gasteiger partial charge in [0.1, 0.15) is 17.9 Å². The van der Waals surface area contributed by atoms with E-state index in [4.69, 9.17) is 14.2 Å². The fourth-order valence-electron chi connectivity index (χ4n) is 4.68. The largest absolute Gasteiger partial charge is 0.492 e. The molecule has 8 nitrogen and oxygen atoms in total. The number of nitrogens with zero attached hydrogens (tertiary/aromatic N) is 1. The molecule has 1 aromatic carbocycles. The summed E-state index contributed by atoms with van der Waals surface area (Å²) in [5.41, 5.74) is 1.89. The zero-order valence-corrected chi connectivity index (χ0v) is 19.5. The van der Waals surface area contributed by atoms with Crippen molar-refractivity contribution < 1.29 is 29.2 Å². The van der Waals surface area contributed by atoms with E-state index < -0.39 is 11.4 Å². The number of pyridine rings is 1. The van der Waals surface area contributed by atoms with E-state index in [-0.39, 0.29) is 29.0 Å². The molecule has 2 N–H and O–H groups in total. The average Bonchev–Trinajstić information content (AvgIpc) is 2.72. The Morgan fingerprint density at radius 3 is 2.52 bits per heavy atom. The molecule has 0 amide bonds. The lowest BCUT2D eigenvalue weighted by atomic mass is 9.78. The topological polar surface area (TPSA) is 107 Å². The fourth-order valence-corrected chi connectivity index (χ4v) is 4.68. The van der Waals surface area contributed by atoms with Crippen molar-refractivity contribution in [2.45, 2.75) is 39.8 Å². The first-order valence-corrected chi connectivity index (χ1v) is 11.0. The quantitative estimate of drug-likeness (QED) is 0.658. The highest BCUT2D eigenvalue weighted by Crippen LogP contribution is 2.44. The first kappa shape index (κ1) is 23.5. The van der Waals surface area contributed by atoms with Gasteiger partial charge >= 0.3 is 5.97 Å². The molecule has 2 aromatic rings. The molecule has 0 aliphatic carbocycles. The molecule has 1 fully saturated rings. The van der Waals surface area contributed by atoms with Crippen molar-refractivity contribution in [3.8, 4) is 17.0 Å². The smallest absolute Gasteiger partial charge is 0.341 e. The molecule has 4 rings (SSSR count). The maximum Gasteiger partial charge on any atom is 0.341 e. The van der Waals surface area contributed by atoms with Crippen LogP contribution in [-0.2, 0) is 22.5 Å². The van der Waals surface area contributed by atoms with Crippen LogP contribution in [0.15, 0.2) is 29.2 Å². The Bertz CT molecular complexity index is 1120. The Morgan fingerprint density at radius 2 is 1.97 bits per heavy atom. The first-order chi connectivity index (χ1) is 15.6. The number of rotatable bonds is 7. The van der Waals surface area contributed by atoms with Crippen molar-refractivity contribution in [2.24, 2.45) is 10.8 Å². The number of benzene rings is 1. The van der Waals surface area contributed by atoms with Gasteiger partial charge in [-0.3, -0.25) is 4.79 Å². The molecule has 0 radical (unpaired) electrons. The molecule has 0 saturated carbocycles. The van der Waals surface area contributed by atoms with Crippen molar-refractivity contribution >= 4 is 5.97 Å². The van der Waals surface area contributed by atoms with Gasteiger partial charge in [-0.05, 0) is 29.5 Å². The number of carboxylic acids is 1. The highest BCUT2D eigenvalue weighted by atomic mass is 16.5. The summed E-state index contributed by atoms with van der Waals surface area (Å²) in [6.45, 7) is 8.12. The molecule has 0 bridgehead atoms. The van der Waals surface area contributed by atoms with Gasteiger partial charge in [0.15, 0.2) is 5.43 Å². The van der Waals surface area contributed by atoms with E-state index in [1.54, 1.807) is 7.11 Å². The van der Waals surface area contributed by atoms with Gasteiger partial charge in [-0.2, -0.15) is 0 Å². The van der Waals surface area contributed by atoms with Crippen molar-refractivity contribution in [3.63, 3.8) is 0 Å². The Morgan fingerprint density at radius 1 is 1.24 bits per heavy atom. The van der Waals surface area contributed by atoms with Crippen molar-refractivity contribution in [1.82, 2.24) is 4.57 Å². The standard InChI is InChI=1S/C25H31NO7/c1-24(2,3)22-7-15-6-21(33-14-25(11-31-4)12-32-13-25)16(10-27)5-17(15)19-8-20(28)18(23(29)30)9-26(19)22/h5-6,8-9,22,27H,7,10-14H2,1-4H3,(H,29,30)/t22-/m0/s1. The van der Waals surface area contributed by atoms with Gasteiger partial charge in [0.25, 0.3) is 0 Å². The Labute approximate surface area is 192 Å². The molecule has 0 unspecified atom stereocenters. The van der Waals surface area contributed by atoms with E-state index in [0.29, 0.717) is 49.9 Å². The third-order valence-corrected chi connectivity index (χ3v) is 6.59. The van der Waals surface area contributed by atoms with Crippen LogP contribution in [0.2, 0.25) is 0 Å². The van der Waals surface area contributed by atoms with Crippen molar-refractivity contribution in [1.29, 1.82) is 0 Å². The summed E-state index contributed by atoms with van der Waals surface area (Å²) in [6, 6.07) is 5.11. The molecule has 33 heavy (non-hydrogen) atoms. The predicted octanol–water partition coefficient (Wildman–Crippen LogP) is 2.89. The van der Waals surface area contributed by atoms with E-state index in [2.05, 4.69) is 20.8 Å². The molecule has 1 aromatic heterocycles. The molecule has 2 aliphatic rings. The van der Waals surface area contributed by atoms with Gasteiger partial charge in [0.05, 0.1) is 37.5 Å². The molecule has 3 heterocycles. The van der Waals surface area contributed by atoms with Crippen LogP contribution in [0.25, 0.3) is 11.3 Å². The lowest BCUT2D eigenvalue weighted by Crippen LogP contribution is -2.50. The normalized spacial score (nSPS) is 18.8. The average molecular weight is 458 g/mol. The van der Waals surface area contributed by atoms with Crippen LogP contribution in [0.4, 0.5) is 0 Å². The summed E-state index contributed by atoms with van der Waals surface area (Å²) >= 11 is 0.